The summed E-state index contributed by atoms with van der Waals surface area (Å²) in [6.45, 7) is 13.1. The average Bonchev–Trinajstić information content (AvgIpc) is 2.49. The van der Waals surface area contributed by atoms with Gasteiger partial charge in [0.25, 0.3) is 0 Å². The quantitative estimate of drug-likeness (QED) is 0.717. The van der Waals surface area contributed by atoms with Crippen molar-refractivity contribution in [1.82, 2.24) is 10.2 Å². The smallest absolute Gasteiger partial charge is 0.00674 e. The summed E-state index contributed by atoms with van der Waals surface area (Å²) in [5.74, 6) is 0.940. The van der Waals surface area contributed by atoms with Crippen LogP contribution in [0.3, 0.4) is 0 Å². The van der Waals surface area contributed by atoms with Gasteiger partial charge in [0, 0.05) is 12.1 Å². The van der Waals surface area contributed by atoms with Crippen molar-refractivity contribution in [3.8, 4) is 0 Å². The molecule has 1 saturated heterocycles. The minimum atomic E-state index is 0.629. The highest BCUT2D eigenvalue weighted by atomic mass is 15.1. The minimum absolute atomic E-state index is 0.629. The maximum atomic E-state index is 3.50. The molecule has 0 bridgehead atoms. The van der Waals surface area contributed by atoms with E-state index in [1.54, 1.807) is 0 Å². The van der Waals surface area contributed by atoms with Gasteiger partial charge in [0.2, 0.25) is 0 Å². The number of hydrogen-bond acceptors (Lipinski definition) is 2. The first-order valence-corrected chi connectivity index (χ1v) is 7.57. The molecule has 0 radical (unpaired) electrons. The third-order valence-electron chi connectivity index (χ3n) is 4.03. The number of likely N-dealkylation sites (tertiary alicyclic amines) is 1. The van der Waals surface area contributed by atoms with Crippen molar-refractivity contribution in [3.63, 3.8) is 0 Å². The van der Waals surface area contributed by atoms with Crippen LogP contribution in [0.1, 0.15) is 59.8 Å². The Labute approximate surface area is 108 Å². The van der Waals surface area contributed by atoms with Crippen LogP contribution in [0.25, 0.3) is 0 Å². The highest BCUT2D eigenvalue weighted by molar-refractivity contribution is 4.73. The van der Waals surface area contributed by atoms with Gasteiger partial charge in [0.15, 0.2) is 0 Å². The Kier molecular flexibility index (Phi) is 7.14. The molecule has 0 aromatic carbocycles. The fourth-order valence-corrected chi connectivity index (χ4v) is 2.70. The second-order valence-electron chi connectivity index (χ2n) is 6.17. The first kappa shape index (κ1) is 15.0. The number of hydrogen-bond donors (Lipinski definition) is 1. The van der Waals surface area contributed by atoms with E-state index in [9.17, 15) is 0 Å². The van der Waals surface area contributed by atoms with Gasteiger partial charge in [-0.2, -0.15) is 0 Å². The third kappa shape index (κ3) is 6.42. The molecule has 0 aromatic heterocycles. The summed E-state index contributed by atoms with van der Waals surface area (Å²) in [7, 11) is 0. The summed E-state index contributed by atoms with van der Waals surface area (Å²) in [6.07, 6.45) is 6.88. The van der Waals surface area contributed by atoms with E-state index in [4.69, 9.17) is 0 Å². The van der Waals surface area contributed by atoms with Gasteiger partial charge in [-0.05, 0) is 64.6 Å². The molecule has 1 heterocycles. The zero-order valence-electron chi connectivity index (χ0n) is 12.3. The molecule has 0 aromatic rings. The van der Waals surface area contributed by atoms with E-state index in [-0.39, 0.29) is 0 Å². The molecule has 2 atom stereocenters. The maximum Gasteiger partial charge on any atom is 0.00674 e. The lowest BCUT2D eigenvalue weighted by Crippen LogP contribution is -2.35. The van der Waals surface area contributed by atoms with E-state index in [2.05, 4.69) is 37.9 Å². The summed E-state index contributed by atoms with van der Waals surface area (Å²) in [5.41, 5.74) is 0. The fourth-order valence-electron chi connectivity index (χ4n) is 2.70. The summed E-state index contributed by atoms with van der Waals surface area (Å²) in [4.78, 5) is 2.71. The van der Waals surface area contributed by atoms with Gasteiger partial charge in [-0.1, -0.05) is 20.8 Å². The summed E-state index contributed by atoms with van der Waals surface area (Å²) >= 11 is 0. The van der Waals surface area contributed by atoms with Crippen molar-refractivity contribution in [1.29, 1.82) is 0 Å². The van der Waals surface area contributed by atoms with Gasteiger partial charge in [-0.15, -0.1) is 0 Å². The second-order valence-corrected chi connectivity index (χ2v) is 6.17. The topological polar surface area (TPSA) is 15.3 Å². The summed E-state index contributed by atoms with van der Waals surface area (Å²) < 4.78 is 0. The van der Waals surface area contributed by atoms with E-state index in [0.717, 1.165) is 12.0 Å². The Balaban J connectivity index is 2.15. The first-order chi connectivity index (χ1) is 8.09. The van der Waals surface area contributed by atoms with Crippen LogP contribution in [-0.2, 0) is 0 Å². The van der Waals surface area contributed by atoms with Crippen LogP contribution in [0.5, 0.6) is 0 Å². The molecule has 1 aliphatic rings. The van der Waals surface area contributed by atoms with Crippen molar-refractivity contribution in [2.75, 3.05) is 19.6 Å². The zero-order chi connectivity index (χ0) is 12.7. The van der Waals surface area contributed by atoms with Crippen LogP contribution in [0.15, 0.2) is 0 Å². The Morgan fingerprint density at radius 1 is 1.18 bits per heavy atom. The van der Waals surface area contributed by atoms with Crippen LogP contribution >= 0.6 is 0 Å². The van der Waals surface area contributed by atoms with Crippen LogP contribution < -0.4 is 5.32 Å². The number of nitrogens with one attached hydrogen (secondary N) is 1. The highest BCUT2D eigenvalue weighted by Gasteiger charge is 2.17. The molecule has 2 nitrogen and oxygen atoms in total. The summed E-state index contributed by atoms with van der Waals surface area (Å²) in [6, 6.07) is 1.40. The van der Waals surface area contributed by atoms with Gasteiger partial charge in [0.05, 0.1) is 0 Å². The van der Waals surface area contributed by atoms with E-state index in [0.29, 0.717) is 6.04 Å². The Hall–Kier alpha value is -0.0800. The standard InChI is InChI=1S/C15H32N2/c1-13(2)16-10-5-8-15(4)17-11-6-7-14(3)9-12-17/h13-16H,5-12H2,1-4H3. The number of rotatable bonds is 6. The minimum Gasteiger partial charge on any atom is -0.315 e. The van der Waals surface area contributed by atoms with E-state index in [1.807, 2.05) is 0 Å². The molecule has 2 heteroatoms. The Morgan fingerprint density at radius 3 is 2.65 bits per heavy atom. The van der Waals surface area contributed by atoms with Crippen molar-refractivity contribution in [2.45, 2.75) is 71.9 Å². The molecule has 1 fully saturated rings. The predicted molar refractivity (Wildman–Crippen MR) is 76.4 cm³/mol. The molecule has 0 aliphatic carbocycles. The second kappa shape index (κ2) is 8.10. The largest absolute Gasteiger partial charge is 0.315 e. The predicted octanol–water partition coefficient (Wildman–Crippen LogP) is 3.28. The molecule has 17 heavy (non-hydrogen) atoms. The van der Waals surface area contributed by atoms with Crippen molar-refractivity contribution in [3.05, 3.63) is 0 Å². The molecule has 0 spiro atoms. The zero-order valence-corrected chi connectivity index (χ0v) is 12.3. The maximum absolute atomic E-state index is 3.50. The van der Waals surface area contributed by atoms with E-state index >= 15 is 0 Å². The van der Waals surface area contributed by atoms with Gasteiger partial charge < -0.3 is 10.2 Å². The van der Waals surface area contributed by atoms with Gasteiger partial charge in [-0.25, -0.2) is 0 Å². The normalized spacial score (nSPS) is 24.9. The fraction of sp³-hybridized carbons (Fsp3) is 1.00. The lowest BCUT2D eigenvalue weighted by Gasteiger charge is -2.27. The molecule has 1 aliphatic heterocycles. The molecule has 0 amide bonds. The Bertz CT molecular complexity index is 191. The molecule has 1 N–H and O–H groups in total. The molecule has 0 saturated carbocycles. The van der Waals surface area contributed by atoms with Crippen LogP contribution in [0.4, 0.5) is 0 Å². The third-order valence-corrected chi connectivity index (χ3v) is 4.03. The van der Waals surface area contributed by atoms with Crippen molar-refractivity contribution in [2.24, 2.45) is 5.92 Å². The van der Waals surface area contributed by atoms with E-state index < -0.39 is 0 Å². The van der Waals surface area contributed by atoms with E-state index in [1.165, 1.54) is 51.7 Å². The van der Waals surface area contributed by atoms with Gasteiger partial charge >= 0.3 is 0 Å². The molecule has 2 unspecified atom stereocenters. The lowest BCUT2D eigenvalue weighted by molar-refractivity contribution is 0.202. The van der Waals surface area contributed by atoms with Crippen molar-refractivity contribution < 1.29 is 0 Å². The molecular weight excluding hydrogens is 208 g/mol. The van der Waals surface area contributed by atoms with Crippen LogP contribution in [0.2, 0.25) is 0 Å². The van der Waals surface area contributed by atoms with Crippen LogP contribution in [0, 0.1) is 5.92 Å². The number of nitrogens with zero attached hydrogens (tertiary/aromatic N) is 1. The molecular formula is C15H32N2. The summed E-state index contributed by atoms with van der Waals surface area (Å²) in [5, 5.41) is 3.50. The molecule has 1 rings (SSSR count). The lowest BCUT2D eigenvalue weighted by atomic mass is 10.0. The van der Waals surface area contributed by atoms with Gasteiger partial charge in [0.1, 0.15) is 0 Å². The van der Waals surface area contributed by atoms with Gasteiger partial charge in [-0.3, -0.25) is 0 Å². The molecule has 102 valence electrons. The van der Waals surface area contributed by atoms with Crippen molar-refractivity contribution >= 4 is 0 Å². The Morgan fingerprint density at radius 2 is 1.94 bits per heavy atom. The SMILES string of the molecule is CC1CCCN(C(C)CCCNC(C)C)CC1. The average molecular weight is 240 g/mol. The monoisotopic (exact) mass is 240 g/mol. The van der Waals surface area contributed by atoms with Crippen LogP contribution in [-0.4, -0.2) is 36.6 Å². The first-order valence-electron chi connectivity index (χ1n) is 7.57. The highest BCUT2D eigenvalue weighted by Crippen LogP contribution is 2.19.